The molecule has 8 heteroatoms. The Hall–Kier alpha value is -1.80. The molecule has 1 fully saturated rings. The lowest BCUT2D eigenvalue weighted by Crippen LogP contribution is -2.50. The molecule has 0 aromatic heterocycles. The van der Waals surface area contributed by atoms with Crippen LogP contribution < -0.4 is 15.4 Å². The molecule has 2 N–H and O–H groups in total. The van der Waals surface area contributed by atoms with E-state index in [1.807, 2.05) is 0 Å². The van der Waals surface area contributed by atoms with E-state index in [9.17, 15) is 13.2 Å². The minimum absolute atomic E-state index is 0.179. The fraction of sp³-hybridized carbons (Fsp3) is 0.500. The Bertz CT molecular complexity index is 615. The van der Waals surface area contributed by atoms with E-state index in [1.54, 1.807) is 31.4 Å². The van der Waals surface area contributed by atoms with Crippen LogP contribution in [0.3, 0.4) is 0 Å². The molecule has 1 heterocycles. The highest BCUT2D eigenvalue weighted by molar-refractivity contribution is 7.88. The second-order valence-corrected chi connectivity index (χ2v) is 7.27. The van der Waals surface area contributed by atoms with Crippen LogP contribution in [0.15, 0.2) is 24.3 Å². The summed E-state index contributed by atoms with van der Waals surface area (Å²) in [4.78, 5) is 12.0. The van der Waals surface area contributed by atoms with Crippen LogP contribution in [-0.4, -0.2) is 51.3 Å². The third-order valence-electron chi connectivity index (χ3n) is 3.54. The van der Waals surface area contributed by atoms with Crippen LogP contribution >= 0.6 is 0 Å². The van der Waals surface area contributed by atoms with Crippen molar-refractivity contribution in [3.63, 3.8) is 0 Å². The Morgan fingerprint density at radius 2 is 2.00 bits per heavy atom. The van der Waals surface area contributed by atoms with Crippen molar-refractivity contribution in [2.75, 3.05) is 31.8 Å². The Labute approximate surface area is 130 Å². The number of urea groups is 1. The summed E-state index contributed by atoms with van der Waals surface area (Å²) in [7, 11) is -1.64. The van der Waals surface area contributed by atoms with Gasteiger partial charge >= 0.3 is 6.03 Å². The topological polar surface area (TPSA) is 87.7 Å². The zero-order valence-corrected chi connectivity index (χ0v) is 13.5. The summed E-state index contributed by atoms with van der Waals surface area (Å²) >= 11 is 0. The maximum Gasteiger partial charge on any atom is 0.319 e. The van der Waals surface area contributed by atoms with Crippen LogP contribution in [0.1, 0.15) is 12.8 Å². The van der Waals surface area contributed by atoms with E-state index in [0.29, 0.717) is 24.5 Å². The lowest BCUT2D eigenvalue weighted by atomic mass is 10.1. The van der Waals surface area contributed by atoms with E-state index < -0.39 is 10.0 Å². The van der Waals surface area contributed by atoms with Gasteiger partial charge in [-0.1, -0.05) is 0 Å². The number of rotatable bonds is 4. The van der Waals surface area contributed by atoms with Gasteiger partial charge in [0.25, 0.3) is 0 Å². The summed E-state index contributed by atoms with van der Waals surface area (Å²) in [5.41, 5.74) is 0.647. The number of benzene rings is 1. The Balaban J connectivity index is 1.88. The Morgan fingerprint density at radius 3 is 2.59 bits per heavy atom. The maximum atomic E-state index is 12.0. The van der Waals surface area contributed by atoms with Crippen LogP contribution in [0.5, 0.6) is 5.75 Å². The SMILES string of the molecule is COc1ccc(NC(=O)N[C@H]2CCCN(S(C)(=O)=O)C2)cc1. The van der Waals surface area contributed by atoms with Crippen LogP contribution in [0.4, 0.5) is 10.5 Å². The van der Waals surface area contributed by atoms with Gasteiger partial charge in [0.2, 0.25) is 10.0 Å². The number of hydrogen-bond acceptors (Lipinski definition) is 4. The summed E-state index contributed by atoms with van der Waals surface area (Å²) in [5.74, 6) is 0.710. The van der Waals surface area contributed by atoms with Crippen LogP contribution in [0.25, 0.3) is 0 Å². The molecule has 22 heavy (non-hydrogen) atoms. The van der Waals surface area contributed by atoms with Gasteiger partial charge in [-0.15, -0.1) is 0 Å². The molecule has 1 aliphatic heterocycles. The third-order valence-corrected chi connectivity index (χ3v) is 4.81. The molecule has 2 amide bonds. The van der Waals surface area contributed by atoms with Crippen molar-refractivity contribution < 1.29 is 17.9 Å². The van der Waals surface area contributed by atoms with Crippen LogP contribution in [0, 0.1) is 0 Å². The minimum Gasteiger partial charge on any atom is -0.497 e. The lowest BCUT2D eigenvalue weighted by Gasteiger charge is -2.31. The van der Waals surface area contributed by atoms with Gasteiger partial charge in [-0.05, 0) is 37.1 Å². The largest absolute Gasteiger partial charge is 0.497 e. The molecular formula is C14H21N3O4S. The van der Waals surface area contributed by atoms with E-state index in [0.717, 1.165) is 12.8 Å². The average Bonchev–Trinajstić information content (AvgIpc) is 2.47. The van der Waals surface area contributed by atoms with E-state index >= 15 is 0 Å². The number of ether oxygens (including phenoxy) is 1. The normalized spacial score (nSPS) is 19.5. The number of methoxy groups -OCH3 is 1. The Morgan fingerprint density at radius 1 is 1.32 bits per heavy atom. The highest BCUT2D eigenvalue weighted by Crippen LogP contribution is 2.16. The number of piperidine rings is 1. The first-order valence-electron chi connectivity index (χ1n) is 7.05. The smallest absolute Gasteiger partial charge is 0.319 e. The summed E-state index contributed by atoms with van der Waals surface area (Å²) in [6, 6.07) is 6.46. The summed E-state index contributed by atoms with van der Waals surface area (Å²) < 4.78 is 29.6. The zero-order chi connectivity index (χ0) is 16.2. The average molecular weight is 327 g/mol. The lowest BCUT2D eigenvalue weighted by molar-refractivity contribution is 0.236. The molecule has 1 aromatic rings. The number of sulfonamides is 1. The van der Waals surface area contributed by atoms with Gasteiger partial charge in [-0.25, -0.2) is 17.5 Å². The highest BCUT2D eigenvalue weighted by Gasteiger charge is 2.26. The monoisotopic (exact) mass is 327 g/mol. The van der Waals surface area contributed by atoms with E-state index in [2.05, 4.69) is 10.6 Å². The molecule has 0 spiro atoms. The Kier molecular flexibility index (Phi) is 5.25. The van der Waals surface area contributed by atoms with Crippen molar-refractivity contribution in [1.82, 2.24) is 9.62 Å². The predicted octanol–water partition coefficient (Wildman–Crippen LogP) is 1.24. The van der Waals surface area contributed by atoms with Gasteiger partial charge in [0.15, 0.2) is 0 Å². The molecule has 0 aliphatic carbocycles. The van der Waals surface area contributed by atoms with Gasteiger partial charge < -0.3 is 15.4 Å². The first-order chi connectivity index (χ1) is 10.4. The second-order valence-electron chi connectivity index (χ2n) is 5.29. The van der Waals surface area contributed by atoms with Crippen molar-refractivity contribution in [1.29, 1.82) is 0 Å². The van der Waals surface area contributed by atoms with Crippen molar-refractivity contribution in [3.8, 4) is 5.75 Å². The van der Waals surface area contributed by atoms with Crippen LogP contribution in [-0.2, 0) is 10.0 Å². The van der Waals surface area contributed by atoms with Gasteiger partial charge in [-0.2, -0.15) is 0 Å². The highest BCUT2D eigenvalue weighted by atomic mass is 32.2. The molecule has 0 saturated carbocycles. The summed E-state index contributed by atoms with van der Waals surface area (Å²) in [6.07, 6.45) is 2.69. The van der Waals surface area contributed by atoms with E-state index in [4.69, 9.17) is 4.74 Å². The van der Waals surface area contributed by atoms with Gasteiger partial charge in [0.05, 0.1) is 13.4 Å². The molecule has 1 atom stereocenters. The number of nitrogens with one attached hydrogen (secondary N) is 2. The number of anilines is 1. The first-order valence-corrected chi connectivity index (χ1v) is 8.90. The van der Waals surface area contributed by atoms with Crippen molar-refractivity contribution in [3.05, 3.63) is 24.3 Å². The van der Waals surface area contributed by atoms with E-state index in [-0.39, 0.29) is 12.1 Å². The number of carbonyl (C=O) groups is 1. The van der Waals surface area contributed by atoms with Crippen molar-refractivity contribution in [2.24, 2.45) is 0 Å². The van der Waals surface area contributed by atoms with E-state index in [1.165, 1.54) is 10.6 Å². The molecule has 2 rings (SSSR count). The fourth-order valence-corrected chi connectivity index (χ4v) is 3.30. The zero-order valence-electron chi connectivity index (χ0n) is 12.7. The number of carbonyl (C=O) groups excluding carboxylic acids is 1. The minimum atomic E-state index is -3.21. The molecule has 0 radical (unpaired) electrons. The van der Waals surface area contributed by atoms with Gasteiger partial charge in [0, 0.05) is 24.8 Å². The van der Waals surface area contributed by atoms with Crippen LogP contribution in [0.2, 0.25) is 0 Å². The predicted molar refractivity (Wildman–Crippen MR) is 84.6 cm³/mol. The molecular weight excluding hydrogens is 306 g/mol. The van der Waals surface area contributed by atoms with Crippen molar-refractivity contribution >= 4 is 21.7 Å². The van der Waals surface area contributed by atoms with Gasteiger partial charge in [0.1, 0.15) is 5.75 Å². The molecule has 7 nitrogen and oxygen atoms in total. The molecule has 122 valence electrons. The number of nitrogens with zero attached hydrogens (tertiary/aromatic N) is 1. The van der Waals surface area contributed by atoms with Gasteiger partial charge in [-0.3, -0.25) is 0 Å². The number of hydrogen-bond donors (Lipinski definition) is 2. The first kappa shape index (κ1) is 16.6. The third kappa shape index (κ3) is 4.60. The standard InChI is InChI=1S/C14H21N3O4S/c1-21-13-7-5-11(6-8-13)15-14(18)16-12-4-3-9-17(10-12)22(2,19)20/h5-8,12H,3-4,9-10H2,1-2H3,(H2,15,16,18)/t12-/m0/s1. The molecule has 1 aliphatic rings. The quantitative estimate of drug-likeness (QED) is 0.871. The molecule has 0 unspecified atom stereocenters. The maximum absolute atomic E-state index is 12.0. The summed E-state index contributed by atoms with van der Waals surface area (Å²) in [5, 5.41) is 5.53. The second kappa shape index (κ2) is 6.97. The molecule has 1 saturated heterocycles. The fourth-order valence-electron chi connectivity index (χ4n) is 2.39. The summed E-state index contributed by atoms with van der Waals surface area (Å²) in [6.45, 7) is 0.825. The molecule has 1 aromatic carbocycles. The molecule has 0 bridgehead atoms. The number of amides is 2. The van der Waals surface area contributed by atoms with Crippen molar-refractivity contribution in [2.45, 2.75) is 18.9 Å².